The first-order valence-corrected chi connectivity index (χ1v) is 6.40. The molecule has 1 unspecified atom stereocenters. The molecule has 1 aromatic rings. The molecule has 1 saturated carbocycles. The monoisotopic (exact) mass is 244 g/mol. The molecule has 0 radical (unpaired) electrons. The van der Waals surface area contributed by atoms with Gasteiger partial charge in [0.25, 0.3) is 0 Å². The lowest BCUT2D eigenvalue weighted by atomic mass is 9.94. The molecule has 0 aromatic carbocycles. The van der Waals surface area contributed by atoms with E-state index < -0.39 is 0 Å². The molecular weight excluding hydrogens is 228 g/mol. The minimum absolute atomic E-state index is 0.303. The summed E-state index contributed by atoms with van der Waals surface area (Å²) in [4.78, 5) is 3.61. The van der Waals surface area contributed by atoms with Gasteiger partial charge in [0, 0.05) is 10.3 Å². The summed E-state index contributed by atoms with van der Waals surface area (Å²) >= 11 is 7.67. The Morgan fingerprint density at radius 1 is 1.53 bits per heavy atom. The fraction of sp³-hybridized carbons (Fsp3) is 0.636. The van der Waals surface area contributed by atoms with Crippen LogP contribution in [0.2, 0.25) is 4.34 Å². The molecule has 0 saturated heterocycles. The van der Waals surface area contributed by atoms with Crippen LogP contribution in [0.25, 0.3) is 0 Å². The quantitative estimate of drug-likeness (QED) is 0.883. The normalized spacial score (nSPS) is 20.6. The molecule has 0 bridgehead atoms. The summed E-state index contributed by atoms with van der Waals surface area (Å²) in [5.74, 6) is 0. The maximum atomic E-state index is 5.99. The highest BCUT2D eigenvalue weighted by molar-refractivity contribution is 7.16. The Labute approximate surface area is 100 Å². The summed E-state index contributed by atoms with van der Waals surface area (Å²) in [6, 6.07) is 4.54. The lowest BCUT2D eigenvalue weighted by molar-refractivity contribution is 0.202. The Morgan fingerprint density at radius 3 is 2.53 bits per heavy atom. The molecule has 0 amide bonds. The highest BCUT2D eigenvalue weighted by atomic mass is 35.5. The second-order valence-electron chi connectivity index (χ2n) is 4.57. The minimum Gasteiger partial charge on any atom is -0.330 e. The van der Waals surface area contributed by atoms with Crippen molar-refractivity contribution < 1.29 is 0 Å². The highest BCUT2D eigenvalue weighted by Gasteiger charge is 2.50. The van der Waals surface area contributed by atoms with Crippen LogP contribution in [0.1, 0.15) is 23.8 Å². The number of thiophene rings is 1. The van der Waals surface area contributed by atoms with Crippen LogP contribution in [0.5, 0.6) is 0 Å². The Morgan fingerprint density at radius 2 is 2.20 bits per heavy atom. The van der Waals surface area contributed by atoms with Gasteiger partial charge in [0.15, 0.2) is 0 Å². The second-order valence-corrected chi connectivity index (χ2v) is 6.32. The fourth-order valence-corrected chi connectivity index (χ4v) is 3.73. The van der Waals surface area contributed by atoms with E-state index in [0.29, 0.717) is 11.5 Å². The standard InChI is InChI=1S/C11H17ClN2S/c1-14(2)10(11(7-13)5-6-11)8-3-4-9(12)15-8/h3-4,10H,5-7,13H2,1-2H3. The van der Waals surface area contributed by atoms with E-state index >= 15 is 0 Å². The van der Waals surface area contributed by atoms with Crippen LogP contribution in [0.15, 0.2) is 12.1 Å². The lowest BCUT2D eigenvalue weighted by Gasteiger charge is -2.31. The van der Waals surface area contributed by atoms with Crippen LogP contribution in [-0.2, 0) is 0 Å². The smallest absolute Gasteiger partial charge is 0.0931 e. The Kier molecular flexibility index (Phi) is 3.08. The van der Waals surface area contributed by atoms with E-state index in [1.807, 2.05) is 6.07 Å². The summed E-state index contributed by atoms with van der Waals surface area (Å²) in [5, 5.41) is 0. The van der Waals surface area contributed by atoms with Crippen LogP contribution >= 0.6 is 22.9 Å². The van der Waals surface area contributed by atoms with E-state index in [1.54, 1.807) is 11.3 Å². The number of hydrogen-bond acceptors (Lipinski definition) is 3. The van der Waals surface area contributed by atoms with Gasteiger partial charge in [0.2, 0.25) is 0 Å². The maximum Gasteiger partial charge on any atom is 0.0931 e. The van der Waals surface area contributed by atoms with Crippen molar-refractivity contribution in [2.24, 2.45) is 11.1 Å². The van der Waals surface area contributed by atoms with Gasteiger partial charge in [-0.25, -0.2) is 0 Å². The average Bonchev–Trinajstić information content (AvgIpc) is 2.84. The van der Waals surface area contributed by atoms with E-state index in [1.165, 1.54) is 17.7 Å². The lowest BCUT2D eigenvalue weighted by Crippen LogP contribution is -2.32. The van der Waals surface area contributed by atoms with Gasteiger partial charge in [-0.3, -0.25) is 0 Å². The van der Waals surface area contributed by atoms with E-state index in [-0.39, 0.29) is 0 Å². The van der Waals surface area contributed by atoms with Crippen molar-refractivity contribution in [2.75, 3.05) is 20.6 Å². The SMILES string of the molecule is CN(C)C(c1ccc(Cl)s1)C1(CN)CC1. The molecule has 0 aliphatic heterocycles. The zero-order chi connectivity index (χ0) is 11.1. The van der Waals surface area contributed by atoms with Gasteiger partial charge < -0.3 is 10.6 Å². The molecule has 2 N–H and O–H groups in total. The number of nitrogens with two attached hydrogens (primary N) is 1. The molecule has 4 heteroatoms. The van der Waals surface area contributed by atoms with Gasteiger partial charge in [-0.1, -0.05) is 11.6 Å². The van der Waals surface area contributed by atoms with Crippen LogP contribution in [0.4, 0.5) is 0 Å². The summed E-state index contributed by atoms with van der Waals surface area (Å²) in [6.07, 6.45) is 2.48. The minimum atomic E-state index is 0.303. The topological polar surface area (TPSA) is 29.3 Å². The third kappa shape index (κ3) is 2.07. The van der Waals surface area contributed by atoms with Gasteiger partial charge in [0.1, 0.15) is 0 Å². The summed E-state index contributed by atoms with van der Waals surface area (Å²) < 4.78 is 0.865. The fourth-order valence-electron chi connectivity index (χ4n) is 2.33. The van der Waals surface area contributed by atoms with Gasteiger partial charge >= 0.3 is 0 Å². The average molecular weight is 245 g/mol. The largest absolute Gasteiger partial charge is 0.330 e. The predicted molar refractivity (Wildman–Crippen MR) is 66.5 cm³/mol. The predicted octanol–water partition coefficient (Wildman–Crippen LogP) is 2.74. The van der Waals surface area contributed by atoms with Crippen LogP contribution in [0.3, 0.4) is 0 Å². The molecule has 1 aromatic heterocycles. The van der Waals surface area contributed by atoms with Crippen molar-refractivity contribution >= 4 is 22.9 Å². The molecule has 2 nitrogen and oxygen atoms in total. The molecule has 1 atom stereocenters. The van der Waals surface area contributed by atoms with E-state index in [4.69, 9.17) is 17.3 Å². The Hall–Kier alpha value is -0.0900. The molecule has 1 heterocycles. The maximum absolute atomic E-state index is 5.99. The molecule has 1 aliphatic carbocycles. The third-order valence-electron chi connectivity index (χ3n) is 3.26. The molecule has 15 heavy (non-hydrogen) atoms. The van der Waals surface area contributed by atoms with Gasteiger partial charge in [-0.2, -0.15) is 0 Å². The molecule has 1 aliphatic rings. The number of nitrogens with zero attached hydrogens (tertiary/aromatic N) is 1. The zero-order valence-corrected chi connectivity index (χ0v) is 10.7. The second kappa shape index (κ2) is 4.06. The van der Waals surface area contributed by atoms with E-state index in [0.717, 1.165) is 10.9 Å². The van der Waals surface area contributed by atoms with Gasteiger partial charge in [0.05, 0.1) is 10.4 Å². The number of halogens is 1. The van der Waals surface area contributed by atoms with E-state index in [9.17, 15) is 0 Å². The molecule has 2 rings (SSSR count). The summed E-state index contributed by atoms with van der Waals surface area (Å²) in [6.45, 7) is 0.769. The van der Waals surface area contributed by atoms with Crippen molar-refractivity contribution in [1.29, 1.82) is 0 Å². The first kappa shape index (κ1) is 11.4. The van der Waals surface area contributed by atoms with Gasteiger partial charge in [-0.05, 0) is 45.6 Å². The summed E-state index contributed by atoms with van der Waals surface area (Å²) in [5.41, 5.74) is 6.20. The van der Waals surface area contributed by atoms with E-state index in [2.05, 4.69) is 25.1 Å². The van der Waals surface area contributed by atoms with Crippen molar-refractivity contribution in [1.82, 2.24) is 4.90 Å². The van der Waals surface area contributed by atoms with Crippen molar-refractivity contribution in [3.8, 4) is 0 Å². The van der Waals surface area contributed by atoms with Crippen LogP contribution < -0.4 is 5.73 Å². The third-order valence-corrected chi connectivity index (χ3v) is 4.54. The Bertz CT molecular complexity index is 344. The first-order chi connectivity index (χ1) is 7.09. The molecule has 84 valence electrons. The first-order valence-electron chi connectivity index (χ1n) is 5.21. The van der Waals surface area contributed by atoms with Crippen LogP contribution in [0, 0.1) is 5.41 Å². The molecule has 1 fully saturated rings. The highest BCUT2D eigenvalue weighted by Crippen LogP contribution is 2.57. The van der Waals surface area contributed by atoms with Crippen LogP contribution in [-0.4, -0.2) is 25.5 Å². The molecular formula is C11H17ClN2S. The van der Waals surface area contributed by atoms with Crippen molar-refractivity contribution in [3.63, 3.8) is 0 Å². The Balaban J connectivity index is 2.28. The van der Waals surface area contributed by atoms with Gasteiger partial charge in [-0.15, -0.1) is 11.3 Å². The number of hydrogen-bond donors (Lipinski definition) is 1. The zero-order valence-electron chi connectivity index (χ0n) is 9.16. The molecule has 0 spiro atoms. The number of rotatable bonds is 4. The van der Waals surface area contributed by atoms with Crippen molar-refractivity contribution in [2.45, 2.75) is 18.9 Å². The van der Waals surface area contributed by atoms with Crippen molar-refractivity contribution in [3.05, 3.63) is 21.3 Å². The summed E-state index contributed by atoms with van der Waals surface area (Å²) in [7, 11) is 4.24.